The fourth-order valence-electron chi connectivity index (χ4n) is 3.22. The highest BCUT2D eigenvalue weighted by atomic mass is 16.5. The fraction of sp³-hybridized carbons (Fsp3) is 0.238. The normalized spacial score (nSPS) is 15.5. The number of aliphatic imine (C=N–C) groups is 1. The first-order valence-electron chi connectivity index (χ1n) is 8.68. The molecule has 0 spiro atoms. The van der Waals surface area contributed by atoms with Gasteiger partial charge in [-0.15, -0.1) is 0 Å². The third-order valence-electron chi connectivity index (χ3n) is 4.54. The summed E-state index contributed by atoms with van der Waals surface area (Å²) in [6.45, 7) is 4.39. The smallest absolute Gasteiger partial charge is 0.298 e. The van der Waals surface area contributed by atoms with Gasteiger partial charge in [-0.2, -0.15) is 0 Å². The number of ether oxygens (including phenoxy) is 1. The Morgan fingerprint density at radius 2 is 1.69 bits per heavy atom. The summed E-state index contributed by atoms with van der Waals surface area (Å²) in [6, 6.07) is 15.7. The predicted octanol–water partition coefficient (Wildman–Crippen LogP) is 3.04. The number of hydrogen-bond donors (Lipinski definition) is 0. The van der Waals surface area contributed by atoms with E-state index >= 15 is 0 Å². The third kappa shape index (κ3) is 3.02. The predicted molar refractivity (Wildman–Crippen MR) is 101 cm³/mol. The Kier molecular flexibility index (Phi) is 4.32. The number of amidine groups is 1. The average Bonchev–Trinajstić information content (AvgIpc) is 2.85. The summed E-state index contributed by atoms with van der Waals surface area (Å²) >= 11 is 0. The Hall–Kier alpha value is -3.26. The van der Waals surface area contributed by atoms with Crippen molar-refractivity contribution < 1.29 is 9.53 Å². The molecule has 4 rings (SSSR count). The van der Waals surface area contributed by atoms with Gasteiger partial charge in [0.1, 0.15) is 17.3 Å². The minimum absolute atomic E-state index is 0.107. The van der Waals surface area contributed by atoms with Crippen molar-refractivity contribution in [3.05, 3.63) is 54.1 Å². The second-order valence-electron chi connectivity index (χ2n) is 6.16. The Morgan fingerprint density at radius 1 is 1.00 bits per heavy atom. The van der Waals surface area contributed by atoms with E-state index in [4.69, 9.17) is 9.73 Å². The second kappa shape index (κ2) is 6.93. The fourth-order valence-corrected chi connectivity index (χ4v) is 3.22. The van der Waals surface area contributed by atoms with Crippen LogP contribution in [0.1, 0.15) is 12.5 Å². The lowest BCUT2D eigenvalue weighted by Crippen LogP contribution is -2.50. The summed E-state index contributed by atoms with van der Waals surface area (Å²) in [5.74, 6) is 7.62. The number of fused-ring (bicyclic) bond motifs is 2. The summed E-state index contributed by atoms with van der Waals surface area (Å²) < 4.78 is 6.09. The summed E-state index contributed by atoms with van der Waals surface area (Å²) in [5, 5.41) is 0. The van der Waals surface area contributed by atoms with E-state index in [1.807, 2.05) is 48.5 Å². The summed E-state index contributed by atoms with van der Waals surface area (Å²) in [4.78, 5) is 20.9. The van der Waals surface area contributed by atoms with Crippen LogP contribution in [-0.2, 0) is 4.79 Å². The van der Waals surface area contributed by atoms with Gasteiger partial charge in [-0.25, -0.2) is 4.99 Å². The quantitative estimate of drug-likeness (QED) is 0.690. The SMILES string of the molecule is CC#CC(=O)N1CCN(C2=Nc3ccccc3Oc3ccccc32)CC1. The van der Waals surface area contributed by atoms with E-state index in [1.54, 1.807) is 11.8 Å². The van der Waals surface area contributed by atoms with Crippen LogP contribution in [0.4, 0.5) is 5.69 Å². The number of para-hydroxylation sites is 3. The molecule has 1 fully saturated rings. The van der Waals surface area contributed by atoms with Crippen molar-refractivity contribution >= 4 is 17.4 Å². The van der Waals surface area contributed by atoms with Crippen molar-refractivity contribution in [2.75, 3.05) is 26.2 Å². The lowest BCUT2D eigenvalue weighted by Gasteiger charge is -2.35. The summed E-state index contributed by atoms with van der Waals surface area (Å²) in [5.41, 5.74) is 1.78. The average molecular weight is 345 g/mol. The summed E-state index contributed by atoms with van der Waals surface area (Å²) in [6.07, 6.45) is 0. The van der Waals surface area contributed by atoms with E-state index in [9.17, 15) is 4.79 Å². The van der Waals surface area contributed by atoms with Gasteiger partial charge in [0.2, 0.25) is 0 Å². The Bertz CT molecular complexity index is 932. The molecule has 0 saturated carbocycles. The molecule has 130 valence electrons. The van der Waals surface area contributed by atoms with Crippen LogP contribution < -0.4 is 4.74 Å². The lowest BCUT2D eigenvalue weighted by molar-refractivity contribution is -0.126. The van der Waals surface area contributed by atoms with E-state index in [1.165, 1.54) is 0 Å². The van der Waals surface area contributed by atoms with Gasteiger partial charge >= 0.3 is 0 Å². The molecule has 0 unspecified atom stereocenters. The molecule has 26 heavy (non-hydrogen) atoms. The molecule has 2 aromatic carbocycles. The van der Waals surface area contributed by atoms with Crippen LogP contribution in [0.15, 0.2) is 53.5 Å². The highest BCUT2D eigenvalue weighted by Gasteiger charge is 2.26. The molecule has 0 radical (unpaired) electrons. The Balaban J connectivity index is 1.66. The van der Waals surface area contributed by atoms with Gasteiger partial charge in [0.25, 0.3) is 5.91 Å². The van der Waals surface area contributed by atoms with Crippen molar-refractivity contribution in [2.45, 2.75) is 6.92 Å². The maximum atomic E-state index is 12.0. The van der Waals surface area contributed by atoms with Gasteiger partial charge in [-0.1, -0.05) is 30.2 Å². The Morgan fingerprint density at radius 3 is 2.46 bits per heavy atom. The largest absolute Gasteiger partial charge is 0.454 e. The molecule has 0 aliphatic carbocycles. The molecule has 1 amide bonds. The zero-order chi connectivity index (χ0) is 17.9. The number of carbonyl (C=O) groups is 1. The number of rotatable bonds is 0. The van der Waals surface area contributed by atoms with Crippen molar-refractivity contribution in [1.29, 1.82) is 0 Å². The first-order chi connectivity index (χ1) is 12.8. The van der Waals surface area contributed by atoms with Crippen molar-refractivity contribution in [1.82, 2.24) is 9.80 Å². The molecular weight excluding hydrogens is 326 g/mol. The number of carbonyl (C=O) groups excluding carboxylic acids is 1. The highest BCUT2D eigenvalue weighted by molar-refractivity contribution is 6.04. The van der Waals surface area contributed by atoms with E-state index < -0.39 is 0 Å². The molecule has 2 aliphatic heterocycles. The number of piperazine rings is 1. The molecule has 0 aromatic heterocycles. The van der Waals surface area contributed by atoms with Crippen molar-refractivity contribution in [2.24, 2.45) is 4.99 Å². The maximum Gasteiger partial charge on any atom is 0.298 e. The Labute approximate surface area is 152 Å². The molecule has 2 heterocycles. The maximum absolute atomic E-state index is 12.0. The second-order valence-corrected chi connectivity index (χ2v) is 6.16. The third-order valence-corrected chi connectivity index (χ3v) is 4.54. The van der Waals surface area contributed by atoms with Crippen molar-refractivity contribution in [3.63, 3.8) is 0 Å². The first kappa shape index (κ1) is 16.2. The van der Waals surface area contributed by atoms with E-state index in [2.05, 4.69) is 16.7 Å². The van der Waals surface area contributed by atoms with Gasteiger partial charge in [0.15, 0.2) is 5.75 Å². The van der Waals surface area contributed by atoms with Crippen LogP contribution in [0.3, 0.4) is 0 Å². The topological polar surface area (TPSA) is 45.1 Å². The number of nitrogens with zero attached hydrogens (tertiary/aromatic N) is 3. The minimum Gasteiger partial charge on any atom is -0.454 e. The standard InChI is InChI=1S/C21H19N3O2/c1-2-7-20(25)23-12-14-24(15-13-23)21-16-8-3-5-10-18(16)26-19-11-6-4-9-17(19)22-21/h3-6,8-11H,12-15H2,1H3. The van der Waals surface area contributed by atoms with Crippen LogP contribution in [-0.4, -0.2) is 47.7 Å². The number of amides is 1. The number of hydrogen-bond acceptors (Lipinski definition) is 4. The molecule has 0 atom stereocenters. The molecule has 5 heteroatoms. The lowest BCUT2D eigenvalue weighted by atomic mass is 10.1. The van der Waals surface area contributed by atoms with Gasteiger partial charge in [-0.3, -0.25) is 4.79 Å². The minimum atomic E-state index is -0.107. The monoisotopic (exact) mass is 345 g/mol. The van der Waals surface area contributed by atoms with E-state index in [-0.39, 0.29) is 5.91 Å². The zero-order valence-electron chi connectivity index (χ0n) is 14.6. The number of benzene rings is 2. The molecular formula is C21H19N3O2. The molecule has 5 nitrogen and oxygen atoms in total. The van der Waals surface area contributed by atoms with Crippen LogP contribution in [0.2, 0.25) is 0 Å². The summed E-state index contributed by atoms with van der Waals surface area (Å²) in [7, 11) is 0. The van der Waals surface area contributed by atoms with Crippen LogP contribution in [0.25, 0.3) is 0 Å². The first-order valence-corrected chi connectivity index (χ1v) is 8.68. The molecule has 1 saturated heterocycles. The highest BCUT2D eigenvalue weighted by Crippen LogP contribution is 2.37. The van der Waals surface area contributed by atoms with Gasteiger partial charge in [0, 0.05) is 26.2 Å². The van der Waals surface area contributed by atoms with Crippen LogP contribution in [0, 0.1) is 11.8 Å². The van der Waals surface area contributed by atoms with Gasteiger partial charge in [-0.05, 0) is 37.1 Å². The molecule has 0 N–H and O–H groups in total. The molecule has 0 bridgehead atoms. The van der Waals surface area contributed by atoms with Crippen LogP contribution >= 0.6 is 0 Å². The van der Waals surface area contributed by atoms with E-state index in [0.717, 1.165) is 28.6 Å². The molecule has 2 aromatic rings. The zero-order valence-corrected chi connectivity index (χ0v) is 14.6. The van der Waals surface area contributed by atoms with Gasteiger partial charge < -0.3 is 14.5 Å². The van der Waals surface area contributed by atoms with Crippen LogP contribution in [0.5, 0.6) is 11.5 Å². The molecule has 2 aliphatic rings. The van der Waals surface area contributed by atoms with E-state index in [0.29, 0.717) is 26.2 Å². The van der Waals surface area contributed by atoms with Gasteiger partial charge in [0.05, 0.1) is 5.56 Å². The van der Waals surface area contributed by atoms with Crippen molar-refractivity contribution in [3.8, 4) is 23.3 Å².